The van der Waals surface area contributed by atoms with E-state index in [1.807, 2.05) is 19.1 Å². The zero-order chi connectivity index (χ0) is 15.2. The van der Waals surface area contributed by atoms with Gasteiger partial charge in [0.1, 0.15) is 0 Å². The molecule has 0 radical (unpaired) electrons. The summed E-state index contributed by atoms with van der Waals surface area (Å²) in [5.74, 6) is -0.637. The van der Waals surface area contributed by atoms with E-state index in [2.05, 4.69) is 22.6 Å². The number of carbonyl (C=O) groups is 2. The van der Waals surface area contributed by atoms with Gasteiger partial charge in [-0.15, -0.1) is 0 Å². The lowest BCUT2D eigenvalue weighted by molar-refractivity contribution is 0.0277. The topological polar surface area (TPSA) is 43.4 Å². The number of esters is 1. The third-order valence-electron chi connectivity index (χ3n) is 3.03. The third-order valence-corrected chi connectivity index (χ3v) is 3.70. The van der Waals surface area contributed by atoms with Crippen LogP contribution in [0.1, 0.15) is 34.1 Å². The number of rotatable bonds is 5. The van der Waals surface area contributed by atoms with Crippen LogP contribution in [0.25, 0.3) is 0 Å². The van der Waals surface area contributed by atoms with Crippen molar-refractivity contribution < 1.29 is 14.3 Å². The van der Waals surface area contributed by atoms with E-state index in [1.54, 1.807) is 42.5 Å². The summed E-state index contributed by atoms with van der Waals surface area (Å²) in [4.78, 5) is 24.5. The van der Waals surface area contributed by atoms with Crippen molar-refractivity contribution in [1.82, 2.24) is 0 Å². The lowest BCUT2D eigenvalue weighted by atomic mass is 10.0. The fourth-order valence-electron chi connectivity index (χ4n) is 1.92. The molecule has 2 rings (SSSR count). The maximum Gasteiger partial charge on any atom is 0.338 e. The molecule has 21 heavy (non-hydrogen) atoms. The molecule has 0 aromatic heterocycles. The summed E-state index contributed by atoms with van der Waals surface area (Å²) in [6.45, 7) is 1.83. The number of carbonyl (C=O) groups excluding carboxylic acids is 2. The minimum atomic E-state index is -0.752. The normalized spacial score (nSPS) is 11.7. The summed E-state index contributed by atoms with van der Waals surface area (Å²) in [7, 11) is 0. The molecule has 0 aliphatic rings. The van der Waals surface area contributed by atoms with Crippen LogP contribution >= 0.6 is 22.6 Å². The highest BCUT2D eigenvalue weighted by molar-refractivity contribution is 14.1. The molecular formula is C17H15IO3. The molecule has 0 amide bonds. The Morgan fingerprint density at radius 1 is 1.05 bits per heavy atom. The van der Waals surface area contributed by atoms with Crippen molar-refractivity contribution in [2.24, 2.45) is 0 Å². The van der Waals surface area contributed by atoms with E-state index < -0.39 is 12.1 Å². The van der Waals surface area contributed by atoms with Crippen molar-refractivity contribution in [2.75, 3.05) is 0 Å². The average molecular weight is 394 g/mol. The van der Waals surface area contributed by atoms with Gasteiger partial charge in [-0.3, -0.25) is 4.79 Å². The number of halogens is 1. The predicted molar refractivity (Wildman–Crippen MR) is 89.4 cm³/mol. The van der Waals surface area contributed by atoms with Gasteiger partial charge in [-0.2, -0.15) is 0 Å². The number of ketones is 1. The Hall–Kier alpha value is -1.69. The molecular weight excluding hydrogens is 379 g/mol. The summed E-state index contributed by atoms with van der Waals surface area (Å²) in [5.41, 5.74) is 1.01. The Bertz CT molecular complexity index is 637. The van der Waals surface area contributed by atoms with Gasteiger partial charge in [0.2, 0.25) is 5.78 Å². The fraction of sp³-hybridized carbons (Fsp3) is 0.176. The fourth-order valence-corrected chi connectivity index (χ4v) is 2.47. The molecule has 0 aliphatic heterocycles. The summed E-state index contributed by atoms with van der Waals surface area (Å²) >= 11 is 2.13. The number of ether oxygens (including phenoxy) is 1. The maximum absolute atomic E-state index is 12.3. The van der Waals surface area contributed by atoms with Gasteiger partial charge in [0.25, 0.3) is 0 Å². The van der Waals surface area contributed by atoms with Gasteiger partial charge < -0.3 is 4.74 Å². The van der Waals surface area contributed by atoms with E-state index >= 15 is 0 Å². The van der Waals surface area contributed by atoms with Gasteiger partial charge in [-0.1, -0.05) is 43.3 Å². The van der Waals surface area contributed by atoms with Crippen molar-refractivity contribution in [2.45, 2.75) is 19.4 Å². The highest BCUT2D eigenvalue weighted by Gasteiger charge is 2.23. The molecule has 4 heteroatoms. The molecule has 0 N–H and O–H groups in total. The largest absolute Gasteiger partial charge is 0.450 e. The lowest BCUT2D eigenvalue weighted by Crippen LogP contribution is -2.26. The van der Waals surface area contributed by atoms with E-state index in [0.717, 1.165) is 3.57 Å². The first kappa shape index (κ1) is 15.7. The second kappa shape index (κ2) is 7.36. The first-order valence-corrected chi connectivity index (χ1v) is 7.75. The van der Waals surface area contributed by atoms with Crippen LogP contribution in [0.3, 0.4) is 0 Å². The summed E-state index contributed by atoms with van der Waals surface area (Å²) in [6.07, 6.45) is -0.304. The van der Waals surface area contributed by atoms with Crippen LogP contribution in [0.5, 0.6) is 0 Å². The monoisotopic (exact) mass is 394 g/mol. The van der Waals surface area contributed by atoms with E-state index in [-0.39, 0.29) is 5.78 Å². The van der Waals surface area contributed by atoms with Crippen LogP contribution in [0.15, 0.2) is 54.6 Å². The van der Waals surface area contributed by atoms with Crippen molar-refractivity contribution in [1.29, 1.82) is 0 Å². The van der Waals surface area contributed by atoms with Crippen LogP contribution in [-0.4, -0.2) is 17.9 Å². The molecule has 0 saturated carbocycles. The second-order valence-electron chi connectivity index (χ2n) is 4.54. The van der Waals surface area contributed by atoms with Gasteiger partial charge >= 0.3 is 5.97 Å². The number of benzene rings is 2. The Morgan fingerprint density at radius 3 is 2.33 bits per heavy atom. The number of hydrogen-bond acceptors (Lipinski definition) is 3. The SMILES string of the molecule is CCC(OC(=O)c1cccc(I)c1)C(=O)c1ccccc1. The van der Waals surface area contributed by atoms with Crippen LogP contribution < -0.4 is 0 Å². The highest BCUT2D eigenvalue weighted by atomic mass is 127. The minimum Gasteiger partial charge on any atom is -0.450 e. The molecule has 0 heterocycles. The molecule has 0 saturated heterocycles. The Labute approximate surface area is 137 Å². The lowest BCUT2D eigenvalue weighted by Gasteiger charge is -2.15. The van der Waals surface area contributed by atoms with Gasteiger partial charge in [0, 0.05) is 9.13 Å². The minimum absolute atomic E-state index is 0.169. The molecule has 0 aliphatic carbocycles. The van der Waals surface area contributed by atoms with Gasteiger partial charge in [-0.25, -0.2) is 4.79 Å². The molecule has 0 spiro atoms. The van der Waals surface area contributed by atoms with Gasteiger partial charge in [0.15, 0.2) is 6.10 Å². The van der Waals surface area contributed by atoms with Crippen molar-refractivity contribution in [3.63, 3.8) is 0 Å². The van der Waals surface area contributed by atoms with Crippen LogP contribution in [0, 0.1) is 3.57 Å². The van der Waals surface area contributed by atoms with E-state index in [4.69, 9.17) is 4.74 Å². The van der Waals surface area contributed by atoms with Crippen molar-refractivity contribution in [3.05, 3.63) is 69.3 Å². The zero-order valence-corrected chi connectivity index (χ0v) is 13.7. The molecule has 108 valence electrons. The van der Waals surface area contributed by atoms with E-state index in [0.29, 0.717) is 17.5 Å². The first-order chi connectivity index (χ1) is 10.1. The highest BCUT2D eigenvalue weighted by Crippen LogP contribution is 2.14. The Morgan fingerprint density at radius 2 is 1.71 bits per heavy atom. The van der Waals surface area contributed by atoms with Gasteiger partial charge in [-0.05, 0) is 47.2 Å². The summed E-state index contributed by atoms with van der Waals surface area (Å²) < 4.78 is 6.31. The molecule has 3 nitrogen and oxygen atoms in total. The average Bonchev–Trinajstić information content (AvgIpc) is 2.52. The van der Waals surface area contributed by atoms with E-state index in [1.165, 1.54) is 0 Å². The molecule has 2 aromatic carbocycles. The second-order valence-corrected chi connectivity index (χ2v) is 5.79. The van der Waals surface area contributed by atoms with Crippen LogP contribution in [0.2, 0.25) is 0 Å². The maximum atomic E-state index is 12.3. The summed E-state index contributed by atoms with van der Waals surface area (Å²) in [5, 5.41) is 0. The van der Waals surface area contributed by atoms with Crippen LogP contribution in [0.4, 0.5) is 0 Å². The predicted octanol–water partition coefficient (Wildman–Crippen LogP) is 4.11. The Kier molecular flexibility index (Phi) is 5.50. The molecule has 1 atom stereocenters. The third kappa shape index (κ3) is 4.14. The molecule has 0 bridgehead atoms. The van der Waals surface area contributed by atoms with Gasteiger partial charge in [0.05, 0.1) is 5.56 Å². The van der Waals surface area contributed by atoms with Crippen molar-refractivity contribution >= 4 is 34.3 Å². The molecule has 0 fully saturated rings. The zero-order valence-electron chi connectivity index (χ0n) is 11.6. The first-order valence-electron chi connectivity index (χ1n) is 6.67. The van der Waals surface area contributed by atoms with Crippen LogP contribution in [-0.2, 0) is 4.74 Å². The quantitative estimate of drug-likeness (QED) is 0.436. The number of hydrogen-bond donors (Lipinski definition) is 0. The van der Waals surface area contributed by atoms with E-state index in [9.17, 15) is 9.59 Å². The standard InChI is InChI=1S/C17H15IO3/c1-2-15(16(19)12-7-4-3-5-8-12)21-17(20)13-9-6-10-14(18)11-13/h3-11,15H,2H2,1H3. The Balaban J connectivity index is 2.12. The molecule has 1 unspecified atom stereocenters. The number of Topliss-reactive ketones (excluding diaryl/α,β-unsaturated/α-hetero) is 1. The molecule has 2 aromatic rings. The smallest absolute Gasteiger partial charge is 0.338 e. The summed E-state index contributed by atoms with van der Waals surface area (Å²) in [6, 6.07) is 16.0. The van der Waals surface area contributed by atoms with Crippen molar-refractivity contribution in [3.8, 4) is 0 Å².